The van der Waals surface area contributed by atoms with Crippen molar-refractivity contribution in [3.63, 3.8) is 0 Å². The molecule has 0 saturated heterocycles. The van der Waals surface area contributed by atoms with Crippen molar-refractivity contribution in [2.24, 2.45) is 5.92 Å². The highest BCUT2D eigenvalue weighted by Gasteiger charge is 2.37. The first kappa shape index (κ1) is 24.9. The molecule has 3 rings (SSSR count). The van der Waals surface area contributed by atoms with E-state index in [4.69, 9.17) is 4.74 Å². The maximum Gasteiger partial charge on any atom is 0.326 e. The van der Waals surface area contributed by atoms with Crippen LogP contribution in [-0.4, -0.2) is 54.6 Å². The number of fused-ring (bicyclic) bond motifs is 1. The third-order valence-electron chi connectivity index (χ3n) is 5.51. The van der Waals surface area contributed by atoms with Gasteiger partial charge in [-0.3, -0.25) is 19.3 Å². The highest BCUT2D eigenvalue weighted by Crippen LogP contribution is 2.35. The number of carbonyl (C=O) groups excluding carboxylic acids is 3. The number of nitrogens with one attached hydrogen (secondary N) is 2. The minimum atomic E-state index is -1.16. The first-order valence-electron chi connectivity index (χ1n) is 11.0. The average Bonchev–Trinajstić information content (AvgIpc) is 2.79. The van der Waals surface area contributed by atoms with E-state index in [-0.39, 0.29) is 36.3 Å². The van der Waals surface area contributed by atoms with Gasteiger partial charge in [-0.1, -0.05) is 44.2 Å². The van der Waals surface area contributed by atoms with Crippen LogP contribution in [0.4, 0.5) is 11.4 Å². The van der Waals surface area contributed by atoms with Gasteiger partial charge >= 0.3 is 5.97 Å². The summed E-state index contributed by atoms with van der Waals surface area (Å²) in [6.45, 7) is 3.73. The van der Waals surface area contributed by atoms with Crippen LogP contribution in [0.15, 0.2) is 48.5 Å². The fraction of sp³-hybridized carbons (Fsp3) is 0.360. The molecule has 3 amide bonds. The molecule has 2 atom stereocenters. The van der Waals surface area contributed by atoms with Crippen molar-refractivity contribution < 1.29 is 29.0 Å². The second-order valence-corrected chi connectivity index (χ2v) is 8.62. The minimum Gasteiger partial charge on any atom is -0.480 e. The molecule has 0 radical (unpaired) electrons. The van der Waals surface area contributed by atoms with E-state index >= 15 is 0 Å². The number of hydrogen-bond acceptors (Lipinski definition) is 5. The highest BCUT2D eigenvalue weighted by molar-refractivity contribution is 6.13. The molecule has 2 aromatic rings. The van der Waals surface area contributed by atoms with Crippen LogP contribution < -0.4 is 15.5 Å². The van der Waals surface area contributed by atoms with E-state index in [1.54, 1.807) is 30.3 Å². The molecule has 3 N–H and O–H groups in total. The zero-order valence-corrected chi connectivity index (χ0v) is 19.4. The second-order valence-electron chi connectivity index (χ2n) is 8.62. The van der Waals surface area contributed by atoms with Crippen LogP contribution in [0.5, 0.6) is 0 Å². The van der Waals surface area contributed by atoms with Crippen molar-refractivity contribution in [2.75, 3.05) is 23.9 Å². The lowest BCUT2D eigenvalue weighted by Crippen LogP contribution is -2.52. The lowest BCUT2D eigenvalue weighted by atomic mass is 9.97. The molecular formula is C25H29N3O6. The van der Waals surface area contributed by atoms with Crippen molar-refractivity contribution in [3.8, 4) is 0 Å². The molecule has 1 aliphatic rings. The number of rotatable bonds is 9. The zero-order chi connectivity index (χ0) is 24.8. The summed E-state index contributed by atoms with van der Waals surface area (Å²) in [5.41, 5.74) is 1.70. The molecule has 34 heavy (non-hydrogen) atoms. The minimum absolute atomic E-state index is 0.125. The number of amides is 3. The Balaban J connectivity index is 1.86. The van der Waals surface area contributed by atoms with Gasteiger partial charge in [0.25, 0.3) is 11.8 Å². The van der Waals surface area contributed by atoms with Crippen molar-refractivity contribution in [1.29, 1.82) is 0 Å². The smallest absolute Gasteiger partial charge is 0.326 e. The summed E-state index contributed by atoms with van der Waals surface area (Å²) in [4.78, 5) is 51.6. The third kappa shape index (κ3) is 5.79. The van der Waals surface area contributed by atoms with Gasteiger partial charge in [-0.2, -0.15) is 0 Å². The molecule has 2 aromatic carbocycles. The Kier molecular flexibility index (Phi) is 8.01. The Hall–Kier alpha value is -3.72. The number of methoxy groups -OCH3 is 1. The summed E-state index contributed by atoms with van der Waals surface area (Å²) in [5, 5.41) is 14.9. The van der Waals surface area contributed by atoms with Crippen LogP contribution in [0, 0.1) is 5.92 Å². The fourth-order valence-electron chi connectivity index (χ4n) is 3.94. The Morgan fingerprint density at radius 1 is 1.15 bits per heavy atom. The number of hydrogen-bond donors (Lipinski definition) is 3. The van der Waals surface area contributed by atoms with Gasteiger partial charge in [0.05, 0.1) is 11.4 Å². The molecule has 180 valence electrons. The van der Waals surface area contributed by atoms with Gasteiger partial charge in [-0.05, 0) is 36.1 Å². The topological polar surface area (TPSA) is 125 Å². The summed E-state index contributed by atoms with van der Waals surface area (Å²) >= 11 is 0. The lowest BCUT2D eigenvalue weighted by molar-refractivity contribution is -0.139. The van der Waals surface area contributed by atoms with Crippen molar-refractivity contribution in [3.05, 3.63) is 59.7 Å². The molecule has 0 fully saturated rings. The standard InChI is InChI=1S/C25H29N3O6/c1-15(2)11-21-24(31)26-18-13-17(9-10-20(18)28(21)22(29)14-34-3)23(30)27-19(25(32)33)12-16-7-5-4-6-8-16/h4-10,13,15,19,21H,11-12,14H2,1-3H3,(H,26,31)(H,27,30)(H,32,33). The van der Waals surface area contributed by atoms with E-state index in [2.05, 4.69) is 10.6 Å². The van der Waals surface area contributed by atoms with Gasteiger partial charge in [0.15, 0.2) is 0 Å². The Labute approximate surface area is 198 Å². The molecule has 1 aliphatic heterocycles. The molecule has 0 spiro atoms. The predicted octanol–water partition coefficient (Wildman–Crippen LogP) is 2.46. The number of aliphatic carboxylic acids is 1. The van der Waals surface area contributed by atoms with Crippen LogP contribution in [0.25, 0.3) is 0 Å². The van der Waals surface area contributed by atoms with E-state index in [0.29, 0.717) is 17.8 Å². The Bertz CT molecular complexity index is 1070. The zero-order valence-electron chi connectivity index (χ0n) is 19.4. The van der Waals surface area contributed by atoms with E-state index in [9.17, 15) is 24.3 Å². The Morgan fingerprint density at radius 3 is 2.47 bits per heavy atom. The maximum atomic E-state index is 12.9. The molecule has 0 bridgehead atoms. The quantitative estimate of drug-likeness (QED) is 0.520. The summed E-state index contributed by atoms with van der Waals surface area (Å²) < 4.78 is 4.99. The van der Waals surface area contributed by atoms with Gasteiger partial charge < -0.3 is 20.5 Å². The predicted molar refractivity (Wildman–Crippen MR) is 127 cm³/mol. The van der Waals surface area contributed by atoms with Crippen molar-refractivity contribution in [2.45, 2.75) is 38.8 Å². The summed E-state index contributed by atoms with van der Waals surface area (Å²) in [7, 11) is 1.40. The monoisotopic (exact) mass is 467 g/mol. The number of nitrogens with zero attached hydrogens (tertiary/aromatic N) is 1. The molecule has 9 nitrogen and oxygen atoms in total. The summed E-state index contributed by atoms with van der Waals surface area (Å²) in [6.07, 6.45) is 0.586. The average molecular weight is 468 g/mol. The largest absolute Gasteiger partial charge is 0.480 e. The van der Waals surface area contributed by atoms with E-state index in [0.717, 1.165) is 5.56 Å². The maximum absolute atomic E-state index is 12.9. The van der Waals surface area contributed by atoms with E-state index in [1.807, 2.05) is 19.9 Å². The molecule has 9 heteroatoms. The number of benzene rings is 2. The summed E-state index contributed by atoms with van der Waals surface area (Å²) in [5.74, 6) is -2.31. The van der Waals surface area contributed by atoms with E-state index in [1.165, 1.54) is 24.1 Å². The molecule has 2 unspecified atom stereocenters. The van der Waals surface area contributed by atoms with Crippen LogP contribution in [-0.2, 0) is 25.5 Å². The first-order valence-corrected chi connectivity index (χ1v) is 11.0. The van der Waals surface area contributed by atoms with Crippen LogP contribution in [0.1, 0.15) is 36.2 Å². The molecule has 1 heterocycles. The number of carboxylic acid groups (broad SMARTS) is 1. The van der Waals surface area contributed by atoms with Gasteiger partial charge in [0.1, 0.15) is 18.7 Å². The van der Waals surface area contributed by atoms with Gasteiger partial charge in [-0.25, -0.2) is 4.79 Å². The van der Waals surface area contributed by atoms with Gasteiger partial charge in [0, 0.05) is 19.1 Å². The van der Waals surface area contributed by atoms with Crippen LogP contribution in [0.2, 0.25) is 0 Å². The van der Waals surface area contributed by atoms with Crippen molar-refractivity contribution in [1.82, 2.24) is 5.32 Å². The third-order valence-corrected chi connectivity index (χ3v) is 5.51. The number of ether oxygens (including phenoxy) is 1. The Morgan fingerprint density at radius 2 is 1.85 bits per heavy atom. The van der Waals surface area contributed by atoms with Crippen LogP contribution >= 0.6 is 0 Å². The van der Waals surface area contributed by atoms with E-state index < -0.39 is 24.0 Å². The number of anilines is 2. The lowest BCUT2D eigenvalue weighted by Gasteiger charge is -2.37. The summed E-state index contributed by atoms with van der Waals surface area (Å²) in [6, 6.07) is 11.7. The molecule has 0 aliphatic carbocycles. The first-order chi connectivity index (χ1) is 16.2. The highest BCUT2D eigenvalue weighted by atomic mass is 16.5. The number of carbonyl (C=O) groups is 4. The molecular weight excluding hydrogens is 438 g/mol. The normalized spacial score (nSPS) is 15.9. The van der Waals surface area contributed by atoms with Crippen LogP contribution in [0.3, 0.4) is 0 Å². The molecule has 0 aromatic heterocycles. The fourth-order valence-corrected chi connectivity index (χ4v) is 3.94. The van der Waals surface area contributed by atoms with Gasteiger partial charge in [0.2, 0.25) is 5.91 Å². The molecule has 0 saturated carbocycles. The second kappa shape index (κ2) is 10.9. The van der Waals surface area contributed by atoms with Crippen molar-refractivity contribution >= 4 is 35.1 Å². The van der Waals surface area contributed by atoms with Gasteiger partial charge in [-0.15, -0.1) is 0 Å². The number of carboxylic acids is 1. The SMILES string of the molecule is COCC(=O)N1c2ccc(C(=O)NC(Cc3ccccc3)C(=O)O)cc2NC(=O)C1CC(C)C.